The summed E-state index contributed by atoms with van der Waals surface area (Å²) >= 11 is 6.41. The number of allylic oxidation sites excluding steroid dienone is 5. The Morgan fingerprint density at radius 2 is 1.84 bits per heavy atom. The van der Waals surface area contributed by atoms with E-state index in [1.807, 2.05) is 0 Å². The molecule has 1 aromatic carbocycles. The van der Waals surface area contributed by atoms with Crippen LogP contribution in [-0.2, 0) is 17.6 Å². The number of carboxylic acid groups (broad SMARTS) is 1. The number of carbonyl (C=O) groups is 1. The number of hydrogen-bond donors (Lipinski definition) is 1. The van der Waals surface area contributed by atoms with Crippen molar-refractivity contribution in [3.8, 4) is 5.75 Å². The molecule has 0 atom stereocenters. The second-order valence-corrected chi connectivity index (χ2v) is 11.8. The molecule has 5 aliphatic rings. The van der Waals surface area contributed by atoms with Crippen LogP contribution in [0, 0.1) is 0 Å². The summed E-state index contributed by atoms with van der Waals surface area (Å²) in [6, 6.07) is 2.25. The second-order valence-electron chi connectivity index (χ2n) is 11.2. The molecular weight excluding hydrogens is 496 g/mol. The minimum atomic E-state index is -1.06. The van der Waals surface area contributed by atoms with Crippen LogP contribution in [0.15, 0.2) is 57.4 Å². The van der Waals surface area contributed by atoms with Crippen LogP contribution in [0.3, 0.4) is 0 Å². The molecule has 5 aliphatic heterocycles. The van der Waals surface area contributed by atoms with Gasteiger partial charge in [-0.05, 0) is 69.6 Å². The first-order valence-corrected chi connectivity index (χ1v) is 14.4. The number of halogens is 1. The topological polar surface area (TPSA) is 52.8 Å². The third-order valence-electron chi connectivity index (χ3n) is 8.55. The average Bonchev–Trinajstić information content (AvgIpc) is 2.88. The van der Waals surface area contributed by atoms with Crippen molar-refractivity contribution in [2.45, 2.75) is 65.2 Å². The predicted octanol–water partition coefficient (Wildman–Crippen LogP) is 6.56. The minimum Gasteiger partial charge on any atom is -0.478 e. The molecule has 6 heteroatoms. The maximum atomic E-state index is 12.5. The van der Waals surface area contributed by atoms with Crippen molar-refractivity contribution >= 4 is 35.0 Å². The number of aryl methyl sites for hydroxylation is 1. The Kier molecular flexibility index (Phi) is 6.59. The molecule has 0 radical (unpaired) electrons. The first-order valence-electron chi connectivity index (χ1n) is 14.0. The van der Waals surface area contributed by atoms with Gasteiger partial charge in [0.15, 0.2) is 6.21 Å². The Bertz CT molecular complexity index is 1420. The summed E-state index contributed by atoms with van der Waals surface area (Å²) in [7, 11) is 0. The lowest BCUT2D eigenvalue weighted by atomic mass is 9.80. The van der Waals surface area contributed by atoms with Crippen molar-refractivity contribution in [2.75, 3.05) is 31.1 Å². The highest BCUT2D eigenvalue weighted by Crippen LogP contribution is 2.52. The molecule has 198 valence electrons. The van der Waals surface area contributed by atoms with Gasteiger partial charge in [0.1, 0.15) is 24.6 Å². The van der Waals surface area contributed by atoms with E-state index in [1.54, 1.807) is 6.92 Å². The number of fused-ring (bicyclic) bond motifs is 4. The standard InChI is InChI=1S/C32H35ClN2O3/c1-19-8-4-12-34-13-5-10-23(18-34)30-25(16-19)28(20(2)27(21(3)33)32(36)37)26-17-22-9-6-14-35-15-7-11-24(29(22)35)31(26)38-30/h16-18H,2,4-15H2,1,3H3/p+1/b19-16+,27-21-. The van der Waals surface area contributed by atoms with E-state index in [1.165, 1.54) is 28.0 Å². The lowest BCUT2D eigenvalue weighted by Crippen LogP contribution is -2.35. The molecule has 1 aromatic rings. The smallest absolute Gasteiger partial charge is 0.337 e. The van der Waals surface area contributed by atoms with E-state index in [0.29, 0.717) is 5.57 Å². The molecule has 5 nitrogen and oxygen atoms in total. The summed E-state index contributed by atoms with van der Waals surface area (Å²) in [6.07, 6.45) is 12.7. The van der Waals surface area contributed by atoms with Gasteiger partial charge in [-0.1, -0.05) is 29.8 Å². The first-order chi connectivity index (χ1) is 18.3. The second kappa shape index (κ2) is 9.92. The third-order valence-corrected chi connectivity index (χ3v) is 8.74. The largest absolute Gasteiger partial charge is 0.478 e. The van der Waals surface area contributed by atoms with E-state index in [4.69, 9.17) is 16.3 Å². The molecule has 2 bridgehead atoms. The molecule has 0 fully saturated rings. The Morgan fingerprint density at radius 3 is 2.58 bits per heavy atom. The van der Waals surface area contributed by atoms with E-state index in [9.17, 15) is 9.90 Å². The Labute approximate surface area is 230 Å². The van der Waals surface area contributed by atoms with Crippen LogP contribution >= 0.6 is 11.6 Å². The number of carboxylic acids is 1. The van der Waals surface area contributed by atoms with Crippen molar-refractivity contribution in [1.82, 2.24) is 0 Å². The van der Waals surface area contributed by atoms with E-state index in [2.05, 4.69) is 41.3 Å². The summed E-state index contributed by atoms with van der Waals surface area (Å²) in [5, 5.41) is 10.4. The van der Waals surface area contributed by atoms with Gasteiger partial charge in [0.05, 0.1) is 11.1 Å². The Balaban J connectivity index is 1.71. The number of aliphatic carboxylic acids is 1. The molecule has 1 N–H and O–H groups in total. The molecule has 0 amide bonds. The highest BCUT2D eigenvalue weighted by molar-refractivity contribution is 6.32. The van der Waals surface area contributed by atoms with E-state index < -0.39 is 5.97 Å². The zero-order valence-electron chi connectivity index (χ0n) is 22.5. The number of ether oxygens (including phenoxy) is 1. The van der Waals surface area contributed by atoms with Gasteiger partial charge >= 0.3 is 5.97 Å². The highest BCUT2D eigenvalue weighted by Gasteiger charge is 2.37. The first kappa shape index (κ1) is 25.2. The van der Waals surface area contributed by atoms with Crippen LogP contribution in [0.25, 0.3) is 5.57 Å². The Hall–Kier alpha value is -3.05. The lowest BCUT2D eigenvalue weighted by Gasteiger charge is -2.40. The van der Waals surface area contributed by atoms with Gasteiger partial charge in [-0.15, -0.1) is 0 Å². The number of anilines is 1. The predicted molar refractivity (Wildman–Crippen MR) is 153 cm³/mol. The zero-order valence-corrected chi connectivity index (χ0v) is 23.2. The molecule has 0 saturated carbocycles. The number of benzene rings is 1. The fraction of sp³-hybridized carbons (Fsp3) is 0.438. The molecular formula is C32H36ClN2O3+. The summed E-state index contributed by atoms with van der Waals surface area (Å²) in [6.45, 7) is 12.4. The van der Waals surface area contributed by atoms with Crippen LogP contribution in [0.5, 0.6) is 5.75 Å². The number of rotatable bonds is 3. The summed E-state index contributed by atoms with van der Waals surface area (Å²) in [5.41, 5.74) is 9.61. The maximum absolute atomic E-state index is 12.5. The van der Waals surface area contributed by atoms with Gasteiger partial charge in [-0.2, -0.15) is 0 Å². The summed E-state index contributed by atoms with van der Waals surface area (Å²) in [5.74, 6) is 0.670. The van der Waals surface area contributed by atoms with E-state index in [-0.39, 0.29) is 10.6 Å². The fourth-order valence-corrected chi connectivity index (χ4v) is 7.10. The van der Waals surface area contributed by atoms with Gasteiger partial charge in [-0.25, -0.2) is 9.37 Å². The molecule has 5 heterocycles. The SMILES string of the molecule is C=C(C1=C2/C=C(\C)CCC[N+]3=C/C(=C\2Oc2c1cc1c4c2CCCN4CCC1)CCC3)/C(C(=O)O)=C(\C)Cl. The van der Waals surface area contributed by atoms with Crippen LogP contribution in [0.4, 0.5) is 5.69 Å². The van der Waals surface area contributed by atoms with Crippen molar-refractivity contribution in [3.63, 3.8) is 0 Å². The van der Waals surface area contributed by atoms with Gasteiger partial charge < -0.3 is 14.7 Å². The van der Waals surface area contributed by atoms with Gasteiger partial charge in [0, 0.05) is 58.9 Å². The number of nitrogens with zero attached hydrogens (tertiary/aromatic N) is 2. The minimum absolute atomic E-state index is 0.0664. The molecule has 0 aliphatic carbocycles. The van der Waals surface area contributed by atoms with Crippen LogP contribution in [0.1, 0.15) is 69.1 Å². The van der Waals surface area contributed by atoms with Gasteiger partial charge in [0.25, 0.3) is 0 Å². The molecule has 0 aromatic heterocycles. The van der Waals surface area contributed by atoms with E-state index >= 15 is 0 Å². The van der Waals surface area contributed by atoms with Crippen LogP contribution in [0.2, 0.25) is 0 Å². The molecule has 6 rings (SSSR count). The average molecular weight is 532 g/mol. The zero-order chi connectivity index (χ0) is 26.6. The highest BCUT2D eigenvalue weighted by atomic mass is 35.5. The maximum Gasteiger partial charge on any atom is 0.337 e. The molecule has 38 heavy (non-hydrogen) atoms. The number of hydrogen-bond acceptors (Lipinski definition) is 3. The van der Waals surface area contributed by atoms with Gasteiger partial charge in [0.2, 0.25) is 0 Å². The molecule has 0 unspecified atom stereocenters. The monoisotopic (exact) mass is 531 g/mol. The normalized spacial score (nSPS) is 24.6. The fourth-order valence-electron chi connectivity index (χ4n) is 6.91. The summed E-state index contributed by atoms with van der Waals surface area (Å²) in [4.78, 5) is 15.0. The van der Waals surface area contributed by atoms with E-state index in [0.717, 1.165) is 106 Å². The van der Waals surface area contributed by atoms with Crippen molar-refractivity contribution < 1.29 is 19.2 Å². The van der Waals surface area contributed by atoms with Crippen molar-refractivity contribution in [2.24, 2.45) is 0 Å². The molecule has 0 saturated heterocycles. The van der Waals surface area contributed by atoms with Crippen LogP contribution < -0.4 is 9.64 Å². The quantitative estimate of drug-likeness (QED) is 0.273. The van der Waals surface area contributed by atoms with Crippen molar-refractivity contribution in [3.05, 3.63) is 74.1 Å². The Morgan fingerprint density at radius 1 is 1.11 bits per heavy atom. The van der Waals surface area contributed by atoms with Crippen LogP contribution in [-0.4, -0.2) is 48.0 Å². The summed E-state index contributed by atoms with van der Waals surface area (Å²) < 4.78 is 9.42. The lowest BCUT2D eigenvalue weighted by molar-refractivity contribution is -0.526. The third kappa shape index (κ3) is 4.25. The molecule has 0 spiro atoms. The van der Waals surface area contributed by atoms with Gasteiger partial charge in [-0.3, -0.25) is 0 Å². The van der Waals surface area contributed by atoms with Crippen molar-refractivity contribution in [1.29, 1.82) is 0 Å².